The van der Waals surface area contributed by atoms with Gasteiger partial charge in [0.25, 0.3) is 5.91 Å². The minimum atomic E-state index is -1.30. The van der Waals surface area contributed by atoms with Gasteiger partial charge in [0.05, 0.1) is 5.56 Å². The minimum absolute atomic E-state index is 0.139. The zero-order valence-electron chi connectivity index (χ0n) is 13.0. The van der Waals surface area contributed by atoms with E-state index >= 15 is 0 Å². The lowest BCUT2D eigenvalue weighted by atomic mass is 10.0. The average molecular weight is 317 g/mol. The van der Waals surface area contributed by atoms with Crippen molar-refractivity contribution in [2.45, 2.75) is 6.42 Å². The molecular formula is C15H19N5O3. The van der Waals surface area contributed by atoms with Crippen LogP contribution in [0.5, 0.6) is 0 Å². The van der Waals surface area contributed by atoms with E-state index in [1.165, 1.54) is 11.1 Å². The van der Waals surface area contributed by atoms with Gasteiger partial charge in [0.15, 0.2) is 0 Å². The Bertz CT molecular complexity index is 679. The maximum atomic E-state index is 11.8. The molecule has 8 nitrogen and oxygen atoms in total. The molecule has 8 heteroatoms. The molecule has 1 aromatic heterocycles. The number of nitrogens with one attached hydrogen (secondary N) is 1. The Morgan fingerprint density at radius 1 is 1.39 bits per heavy atom. The molecule has 1 aliphatic rings. The monoisotopic (exact) mass is 317 g/mol. The Hall–Kier alpha value is -2.90. The number of hydrogen-bond acceptors (Lipinski definition) is 6. The fourth-order valence-corrected chi connectivity index (χ4v) is 2.30. The molecule has 122 valence electrons. The fourth-order valence-electron chi connectivity index (χ4n) is 2.30. The molecule has 0 aromatic carbocycles. The zero-order valence-corrected chi connectivity index (χ0v) is 13.0. The molecule has 0 saturated heterocycles. The summed E-state index contributed by atoms with van der Waals surface area (Å²) in [4.78, 5) is 30.4. The number of aliphatic carboxylic acids is 1. The first-order valence-corrected chi connectivity index (χ1v) is 7.03. The summed E-state index contributed by atoms with van der Waals surface area (Å²) in [7, 11) is 3.33. The van der Waals surface area contributed by atoms with Crippen molar-refractivity contribution >= 4 is 23.4 Å². The molecule has 0 unspecified atom stereocenters. The van der Waals surface area contributed by atoms with E-state index in [4.69, 9.17) is 16.2 Å². The van der Waals surface area contributed by atoms with Gasteiger partial charge in [-0.15, -0.1) is 0 Å². The maximum Gasteiger partial charge on any atom is 0.354 e. The summed E-state index contributed by atoms with van der Waals surface area (Å²) in [6, 6.07) is 3.38. The van der Waals surface area contributed by atoms with Gasteiger partial charge in [-0.3, -0.25) is 10.2 Å². The van der Waals surface area contributed by atoms with Crippen LogP contribution in [0.2, 0.25) is 0 Å². The van der Waals surface area contributed by atoms with Gasteiger partial charge in [0.2, 0.25) is 0 Å². The SMILES string of the molecule is CN(C)C(=O)c1ccc(N2CCC(N)=C(C(=N)C(=O)O)C2)nc1. The van der Waals surface area contributed by atoms with Gasteiger partial charge in [-0.2, -0.15) is 0 Å². The first kappa shape index (κ1) is 16.5. The first-order chi connectivity index (χ1) is 10.8. The number of rotatable bonds is 4. The molecule has 0 bridgehead atoms. The zero-order chi connectivity index (χ0) is 17.1. The number of carboxylic acid groups (broad SMARTS) is 1. The highest BCUT2D eigenvalue weighted by atomic mass is 16.4. The fraction of sp³-hybridized carbons (Fsp3) is 0.333. The standard InChI is InChI=1S/C15H19N5O3/c1-19(2)14(21)9-3-4-12(18-7-9)20-6-5-11(16)10(8-20)13(17)15(22)23/h3-4,7,17H,5-6,8,16H2,1-2H3,(H,22,23). The molecular weight excluding hydrogens is 298 g/mol. The molecule has 23 heavy (non-hydrogen) atoms. The van der Waals surface area contributed by atoms with E-state index in [0.717, 1.165) is 0 Å². The highest BCUT2D eigenvalue weighted by molar-refractivity contribution is 6.41. The van der Waals surface area contributed by atoms with Crippen LogP contribution in [0, 0.1) is 5.41 Å². The summed E-state index contributed by atoms with van der Waals surface area (Å²) in [5.74, 6) is -0.826. The van der Waals surface area contributed by atoms with Crippen LogP contribution in [0.3, 0.4) is 0 Å². The second-order valence-corrected chi connectivity index (χ2v) is 5.46. The summed E-state index contributed by atoms with van der Waals surface area (Å²) in [5, 5.41) is 16.6. The van der Waals surface area contributed by atoms with Gasteiger partial charge < -0.3 is 20.6 Å². The topological polar surface area (TPSA) is 124 Å². The number of amides is 1. The quantitative estimate of drug-likeness (QED) is 0.687. The van der Waals surface area contributed by atoms with Gasteiger partial charge in [-0.1, -0.05) is 0 Å². The van der Waals surface area contributed by atoms with Crippen molar-refractivity contribution in [3.63, 3.8) is 0 Å². The van der Waals surface area contributed by atoms with E-state index in [-0.39, 0.29) is 12.5 Å². The second kappa shape index (κ2) is 6.47. The molecule has 0 saturated carbocycles. The van der Waals surface area contributed by atoms with Crippen molar-refractivity contribution in [1.29, 1.82) is 5.41 Å². The Morgan fingerprint density at radius 3 is 2.61 bits per heavy atom. The summed E-state index contributed by atoms with van der Waals surface area (Å²) < 4.78 is 0. The van der Waals surface area contributed by atoms with Crippen molar-refractivity contribution in [3.8, 4) is 0 Å². The Kier molecular flexibility index (Phi) is 4.63. The van der Waals surface area contributed by atoms with Crippen LogP contribution in [0.25, 0.3) is 0 Å². The summed E-state index contributed by atoms with van der Waals surface area (Å²) in [6.07, 6.45) is 1.95. The average Bonchev–Trinajstić information content (AvgIpc) is 2.54. The van der Waals surface area contributed by atoms with E-state index in [1.807, 2.05) is 4.90 Å². The number of anilines is 1. The third-order valence-electron chi connectivity index (χ3n) is 3.63. The van der Waals surface area contributed by atoms with Crippen molar-refractivity contribution in [3.05, 3.63) is 35.2 Å². The highest BCUT2D eigenvalue weighted by Gasteiger charge is 2.24. The molecule has 1 aliphatic heterocycles. The molecule has 1 aromatic rings. The largest absolute Gasteiger partial charge is 0.477 e. The molecule has 2 heterocycles. The van der Waals surface area contributed by atoms with Crippen LogP contribution in [0.15, 0.2) is 29.6 Å². The van der Waals surface area contributed by atoms with Crippen LogP contribution < -0.4 is 10.6 Å². The number of nitrogens with two attached hydrogens (primary N) is 1. The van der Waals surface area contributed by atoms with E-state index in [1.54, 1.807) is 26.2 Å². The van der Waals surface area contributed by atoms with Crippen molar-refractivity contribution in [2.24, 2.45) is 5.73 Å². The first-order valence-electron chi connectivity index (χ1n) is 7.03. The van der Waals surface area contributed by atoms with Gasteiger partial charge in [0, 0.05) is 51.1 Å². The van der Waals surface area contributed by atoms with Crippen LogP contribution >= 0.6 is 0 Å². The summed E-state index contributed by atoms with van der Waals surface area (Å²) in [6.45, 7) is 0.793. The lowest BCUT2D eigenvalue weighted by Gasteiger charge is -2.30. The second-order valence-electron chi connectivity index (χ2n) is 5.46. The van der Waals surface area contributed by atoms with Gasteiger partial charge in [-0.25, -0.2) is 9.78 Å². The van der Waals surface area contributed by atoms with Gasteiger partial charge in [-0.05, 0) is 12.1 Å². The third kappa shape index (κ3) is 3.47. The normalized spacial score (nSPS) is 14.6. The molecule has 0 fully saturated rings. The molecule has 2 rings (SSSR count). The molecule has 4 N–H and O–H groups in total. The number of hydrogen-bond donors (Lipinski definition) is 3. The molecule has 1 amide bonds. The lowest BCUT2D eigenvalue weighted by molar-refractivity contribution is -0.129. The smallest absolute Gasteiger partial charge is 0.354 e. The Balaban J connectivity index is 2.19. The van der Waals surface area contributed by atoms with Crippen LogP contribution in [0.4, 0.5) is 5.82 Å². The number of carbonyl (C=O) groups excluding carboxylic acids is 1. The lowest BCUT2D eigenvalue weighted by Crippen LogP contribution is -2.38. The third-order valence-corrected chi connectivity index (χ3v) is 3.63. The van der Waals surface area contributed by atoms with E-state index in [0.29, 0.717) is 35.6 Å². The molecule has 0 aliphatic carbocycles. The van der Waals surface area contributed by atoms with Gasteiger partial charge >= 0.3 is 5.97 Å². The van der Waals surface area contributed by atoms with E-state index in [9.17, 15) is 9.59 Å². The minimum Gasteiger partial charge on any atom is -0.477 e. The van der Waals surface area contributed by atoms with Crippen molar-refractivity contribution in [2.75, 3.05) is 32.1 Å². The predicted molar refractivity (Wildman–Crippen MR) is 85.7 cm³/mol. The van der Waals surface area contributed by atoms with Gasteiger partial charge in [0.1, 0.15) is 11.5 Å². The summed E-state index contributed by atoms with van der Waals surface area (Å²) >= 11 is 0. The number of nitrogens with zero attached hydrogens (tertiary/aromatic N) is 3. The number of aromatic nitrogens is 1. The van der Waals surface area contributed by atoms with Crippen LogP contribution in [-0.4, -0.2) is 59.8 Å². The molecule has 0 atom stereocenters. The van der Waals surface area contributed by atoms with Crippen LogP contribution in [-0.2, 0) is 4.79 Å². The van der Waals surface area contributed by atoms with E-state index in [2.05, 4.69) is 4.98 Å². The Morgan fingerprint density at radius 2 is 2.09 bits per heavy atom. The number of pyridine rings is 1. The number of carboxylic acids is 1. The molecule has 0 radical (unpaired) electrons. The maximum absolute atomic E-state index is 11.8. The Labute approximate surface area is 133 Å². The van der Waals surface area contributed by atoms with Crippen LogP contribution in [0.1, 0.15) is 16.8 Å². The predicted octanol–water partition coefficient (Wildman–Crippen LogP) is 0.311. The van der Waals surface area contributed by atoms with Crippen molar-refractivity contribution in [1.82, 2.24) is 9.88 Å². The van der Waals surface area contributed by atoms with Crippen molar-refractivity contribution < 1.29 is 14.7 Å². The summed E-state index contributed by atoms with van der Waals surface area (Å²) in [5.41, 5.74) is 6.54. The van der Waals surface area contributed by atoms with E-state index < -0.39 is 11.7 Å². The number of carbonyl (C=O) groups is 2. The molecule has 0 spiro atoms. The highest BCUT2D eigenvalue weighted by Crippen LogP contribution is 2.21.